The molecule has 6 nitrogen and oxygen atoms in total. The Morgan fingerprint density at radius 2 is 1.91 bits per heavy atom. The third-order valence-corrected chi connectivity index (χ3v) is 3.65. The first kappa shape index (κ1) is 14.9. The predicted octanol–water partition coefficient (Wildman–Crippen LogP) is 2.64. The number of hydrogen-bond donors (Lipinski definition) is 0. The zero-order valence-electron chi connectivity index (χ0n) is 13.0. The summed E-state index contributed by atoms with van der Waals surface area (Å²) in [5, 5.41) is 11.7. The lowest BCUT2D eigenvalue weighted by atomic mass is 10.1. The maximum absolute atomic E-state index is 12.7. The number of aryl methyl sites for hydroxylation is 1. The van der Waals surface area contributed by atoms with Crippen molar-refractivity contribution in [3.05, 3.63) is 60.2 Å². The molecule has 23 heavy (non-hydrogen) atoms. The summed E-state index contributed by atoms with van der Waals surface area (Å²) < 4.78 is 1.70. The van der Waals surface area contributed by atoms with Gasteiger partial charge in [0.15, 0.2) is 5.82 Å². The molecule has 0 bridgehead atoms. The number of benzene rings is 2. The normalized spacial score (nSPS) is 10.5. The first-order valence-corrected chi connectivity index (χ1v) is 7.40. The molecule has 3 aromatic rings. The molecule has 0 unspecified atom stereocenters. The fraction of sp³-hybridized carbons (Fsp3) is 0.176. The second-order valence-electron chi connectivity index (χ2n) is 5.10. The minimum absolute atomic E-state index is 0.0754. The van der Waals surface area contributed by atoms with Crippen LogP contribution in [0, 0.1) is 0 Å². The third kappa shape index (κ3) is 2.96. The van der Waals surface area contributed by atoms with Crippen LogP contribution in [-0.4, -0.2) is 33.2 Å². The molecule has 0 saturated heterocycles. The summed E-state index contributed by atoms with van der Waals surface area (Å²) >= 11 is 0. The highest BCUT2D eigenvalue weighted by atomic mass is 16.2. The van der Waals surface area contributed by atoms with Crippen molar-refractivity contribution in [1.29, 1.82) is 0 Å². The van der Waals surface area contributed by atoms with Gasteiger partial charge in [-0.1, -0.05) is 30.3 Å². The Labute approximate surface area is 134 Å². The van der Waals surface area contributed by atoms with Gasteiger partial charge in [0.05, 0.1) is 0 Å². The molecule has 116 valence electrons. The van der Waals surface area contributed by atoms with Crippen LogP contribution in [0.3, 0.4) is 0 Å². The zero-order chi connectivity index (χ0) is 16.2. The summed E-state index contributed by atoms with van der Waals surface area (Å²) in [6, 6.07) is 16.9. The summed E-state index contributed by atoms with van der Waals surface area (Å²) in [6.45, 7) is 2.64. The maximum atomic E-state index is 12.7. The van der Waals surface area contributed by atoms with Crippen molar-refractivity contribution in [2.75, 3.05) is 11.9 Å². The summed E-state index contributed by atoms with van der Waals surface area (Å²) in [4.78, 5) is 14.3. The number of carbonyl (C=O) groups is 1. The van der Waals surface area contributed by atoms with Crippen LogP contribution in [-0.2, 0) is 6.54 Å². The fourth-order valence-electron chi connectivity index (χ4n) is 2.38. The van der Waals surface area contributed by atoms with Gasteiger partial charge >= 0.3 is 0 Å². The molecule has 0 radical (unpaired) electrons. The predicted molar refractivity (Wildman–Crippen MR) is 88.1 cm³/mol. The summed E-state index contributed by atoms with van der Waals surface area (Å²) in [7, 11) is 1.76. The molecule has 0 spiro atoms. The Bertz CT molecular complexity index is 813. The van der Waals surface area contributed by atoms with Gasteiger partial charge in [-0.25, -0.2) is 4.68 Å². The van der Waals surface area contributed by atoms with E-state index in [1.54, 1.807) is 22.7 Å². The van der Waals surface area contributed by atoms with Crippen molar-refractivity contribution in [2.45, 2.75) is 13.5 Å². The van der Waals surface area contributed by atoms with Crippen molar-refractivity contribution < 1.29 is 4.79 Å². The van der Waals surface area contributed by atoms with E-state index in [0.717, 1.165) is 11.3 Å². The maximum Gasteiger partial charge on any atom is 0.258 e. The highest BCUT2D eigenvalue weighted by molar-refractivity contribution is 6.06. The Morgan fingerprint density at radius 1 is 1.13 bits per heavy atom. The number of rotatable bonds is 4. The monoisotopic (exact) mass is 307 g/mol. The Balaban J connectivity index is 1.92. The number of hydrogen-bond acceptors (Lipinski definition) is 4. The van der Waals surface area contributed by atoms with Crippen molar-refractivity contribution in [3.63, 3.8) is 0 Å². The second-order valence-corrected chi connectivity index (χ2v) is 5.10. The third-order valence-electron chi connectivity index (χ3n) is 3.65. The molecule has 1 heterocycles. The van der Waals surface area contributed by atoms with E-state index < -0.39 is 0 Å². The number of para-hydroxylation sites is 1. The van der Waals surface area contributed by atoms with Crippen LogP contribution in [0.5, 0.6) is 0 Å². The van der Waals surface area contributed by atoms with E-state index in [1.807, 2.05) is 55.5 Å². The molecular formula is C17H17N5O. The number of carbonyl (C=O) groups excluding carboxylic acids is 1. The van der Waals surface area contributed by atoms with Gasteiger partial charge in [-0.2, -0.15) is 0 Å². The van der Waals surface area contributed by atoms with Crippen LogP contribution in [0.2, 0.25) is 0 Å². The van der Waals surface area contributed by atoms with Crippen LogP contribution in [0.25, 0.3) is 11.4 Å². The SMILES string of the molecule is CCn1nnnc1-c1cccc(C(=O)N(C)c2ccccc2)c1. The molecule has 0 atom stereocenters. The molecule has 6 heteroatoms. The lowest BCUT2D eigenvalue weighted by Crippen LogP contribution is -2.26. The molecule has 0 saturated carbocycles. The van der Waals surface area contributed by atoms with Gasteiger partial charge in [0, 0.05) is 30.4 Å². The van der Waals surface area contributed by atoms with Crippen LogP contribution in [0.1, 0.15) is 17.3 Å². The fourth-order valence-corrected chi connectivity index (χ4v) is 2.38. The molecule has 2 aromatic carbocycles. The first-order chi connectivity index (χ1) is 11.2. The standard InChI is InChI=1S/C17H17N5O/c1-3-22-16(18-19-20-22)13-8-7-9-14(12-13)17(23)21(2)15-10-5-4-6-11-15/h4-12H,3H2,1-2H3. The van der Waals surface area contributed by atoms with Gasteiger partial charge in [0.25, 0.3) is 5.91 Å². The Kier molecular flexibility index (Phi) is 4.14. The number of nitrogens with zero attached hydrogens (tertiary/aromatic N) is 5. The molecule has 1 aromatic heterocycles. The summed E-state index contributed by atoms with van der Waals surface area (Å²) in [5.74, 6) is 0.582. The lowest BCUT2D eigenvalue weighted by molar-refractivity contribution is 0.0993. The average Bonchev–Trinajstić information content (AvgIpc) is 3.10. The first-order valence-electron chi connectivity index (χ1n) is 7.40. The van der Waals surface area contributed by atoms with Gasteiger partial charge in [-0.15, -0.1) is 5.10 Å². The van der Waals surface area contributed by atoms with Crippen LogP contribution >= 0.6 is 0 Å². The van der Waals surface area contributed by atoms with Crippen molar-refractivity contribution >= 4 is 11.6 Å². The molecule has 0 aliphatic heterocycles. The molecular weight excluding hydrogens is 290 g/mol. The van der Waals surface area contributed by atoms with Gasteiger partial charge < -0.3 is 4.90 Å². The number of tetrazole rings is 1. The highest BCUT2D eigenvalue weighted by Gasteiger charge is 2.15. The van der Waals surface area contributed by atoms with E-state index in [9.17, 15) is 4.79 Å². The summed E-state index contributed by atoms with van der Waals surface area (Å²) in [5.41, 5.74) is 2.27. The van der Waals surface area contributed by atoms with E-state index in [2.05, 4.69) is 15.5 Å². The number of aromatic nitrogens is 4. The quantitative estimate of drug-likeness (QED) is 0.743. The van der Waals surface area contributed by atoms with E-state index in [0.29, 0.717) is 17.9 Å². The Morgan fingerprint density at radius 3 is 2.65 bits per heavy atom. The molecule has 3 rings (SSSR count). The topological polar surface area (TPSA) is 63.9 Å². The van der Waals surface area contributed by atoms with E-state index >= 15 is 0 Å². The van der Waals surface area contributed by atoms with E-state index in [1.165, 1.54) is 0 Å². The van der Waals surface area contributed by atoms with Crippen molar-refractivity contribution in [1.82, 2.24) is 20.2 Å². The van der Waals surface area contributed by atoms with E-state index in [-0.39, 0.29) is 5.91 Å². The van der Waals surface area contributed by atoms with Gasteiger partial charge in [-0.3, -0.25) is 4.79 Å². The average molecular weight is 307 g/mol. The summed E-state index contributed by atoms with van der Waals surface area (Å²) in [6.07, 6.45) is 0. The largest absolute Gasteiger partial charge is 0.311 e. The van der Waals surface area contributed by atoms with Gasteiger partial charge in [-0.05, 0) is 41.6 Å². The van der Waals surface area contributed by atoms with Crippen LogP contribution in [0.4, 0.5) is 5.69 Å². The molecule has 0 aliphatic carbocycles. The van der Waals surface area contributed by atoms with E-state index in [4.69, 9.17) is 0 Å². The minimum atomic E-state index is -0.0754. The number of amides is 1. The van der Waals surface area contributed by atoms with Gasteiger partial charge in [0.2, 0.25) is 0 Å². The zero-order valence-corrected chi connectivity index (χ0v) is 13.0. The minimum Gasteiger partial charge on any atom is -0.311 e. The molecule has 0 fully saturated rings. The smallest absolute Gasteiger partial charge is 0.258 e. The molecule has 1 amide bonds. The highest BCUT2D eigenvalue weighted by Crippen LogP contribution is 2.20. The van der Waals surface area contributed by atoms with Crippen LogP contribution < -0.4 is 4.90 Å². The second kappa shape index (κ2) is 6.39. The lowest BCUT2D eigenvalue weighted by Gasteiger charge is -2.17. The van der Waals surface area contributed by atoms with Crippen LogP contribution in [0.15, 0.2) is 54.6 Å². The number of anilines is 1. The molecule has 0 N–H and O–H groups in total. The van der Waals surface area contributed by atoms with Crippen molar-refractivity contribution in [2.24, 2.45) is 0 Å². The Hall–Kier alpha value is -3.02. The van der Waals surface area contributed by atoms with Gasteiger partial charge in [0.1, 0.15) is 0 Å². The molecule has 0 aliphatic rings. The van der Waals surface area contributed by atoms with Crippen molar-refractivity contribution in [3.8, 4) is 11.4 Å².